The Balaban J connectivity index is 1.78. The number of sulfone groups is 1. The molecule has 2 aromatic rings. The number of carbonyl (C=O) groups is 1. The summed E-state index contributed by atoms with van der Waals surface area (Å²) in [5.74, 6) is 0. The second-order valence-electron chi connectivity index (χ2n) is 5.89. The zero-order valence-electron chi connectivity index (χ0n) is 14.0. The van der Waals surface area contributed by atoms with Crippen molar-refractivity contribution >= 4 is 32.9 Å². The van der Waals surface area contributed by atoms with Crippen molar-refractivity contribution < 1.29 is 26.4 Å². The predicted octanol–water partition coefficient (Wildman–Crippen LogP) is 3.64. The van der Waals surface area contributed by atoms with Crippen LogP contribution in [-0.4, -0.2) is 33.0 Å². The third-order valence-corrected chi connectivity index (χ3v) is 5.50. The monoisotopic (exact) mass is 399 g/mol. The van der Waals surface area contributed by atoms with Crippen LogP contribution in [-0.2, 0) is 9.84 Å². The van der Waals surface area contributed by atoms with Crippen LogP contribution in [0.15, 0.2) is 53.4 Å². The molecule has 0 atom stereocenters. The number of hydrogen-bond acceptors (Lipinski definition) is 4. The molecule has 2 aromatic carbocycles. The lowest BCUT2D eigenvalue weighted by Crippen LogP contribution is -2.46. The molecule has 0 spiro atoms. The van der Waals surface area contributed by atoms with Gasteiger partial charge in [-0.3, -0.25) is 4.90 Å². The topological polar surface area (TPSA) is 78.5 Å². The fourth-order valence-electron chi connectivity index (χ4n) is 2.65. The Morgan fingerprint density at radius 1 is 1.04 bits per heavy atom. The maximum Gasteiger partial charge on any atom is 0.501 e. The molecule has 2 amide bonds. The van der Waals surface area contributed by atoms with E-state index in [4.69, 9.17) is 0 Å². The van der Waals surface area contributed by atoms with Gasteiger partial charge in [-0.1, -0.05) is 6.07 Å². The second kappa shape index (κ2) is 7.10. The van der Waals surface area contributed by atoms with E-state index in [0.29, 0.717) is 30.2 Å². The lowest BCUT2D eigenvalue weighted by molar-refractivity contribution is -0.0436. The zero-order valence-corrected chi connectivity index (χ0v) is 14.8. The number of nitrogens with zero attached hydrogens (tertiary/aromatic N) is 1. The number of carbonyl (C=O) groups excluding carboxylic acids is 1. The summed E-state index contributed by atoms with van der Waals surface area (Å²) in [6, 6.07) is 11.1. The van der Waals surface area contributed by atoms with Gasteiger partial charge in [0, 0.05) is 30.2 Å². The summed E-state index contributed by atoms with van der Waals surface area (Å²) >= 11 is 0. The highest BCUT2D eigenvalue weighted by Crippen LogP contribution is 2.31. The van der Waals surface area contributed by atoms with E-state index in [1.54, 1.807) is 29.2 Å². The maximum absolute atomic E-state index is 12.6. The summed E-state index contributed by atoms with van der Waals surface area (Å²) in [5.41, 5.74) is -3.65. The van der Waals surface area contributed by atoms with Gasteiger partial charge in [0.15, 0.2) is 0 Å². The third kappa shape index (κ3) is 4.00. The molecule has 0 aliphatic carbocycles. The first-order chi connectivity index (χ1) is 12.7. The lowest BCUT2D eigenvalue weighted by atomic mass is 10.2. The SMILES string of the molecule is O=C1NCCCN1c1cccc(Nc2ccc(S(=O)(=O)C(F)(F)F)cc2)c1. The number of halogens is 3. The van der Waals surface area contributed by atoms with Crippen LogP contribution in [0.3, 0.4) is 0 Å². The van der Waals surface area contributed by atoms with Gasteiger partial charge in [0.05, 0.1) is 4.90 Å². The molecule has 1 heterocycles. The van der Waals surface area contributed by atoms with Crippen LogP contribution < -0.4 is 15.5 Å². The number of benzene rings is 2. The minimum absolute atomic E-state index is 0.194. The highest BCUT2D eigenvalue weighted by molar-refractivity contribution is 7.92. The van der Waals surface area contributed by atoms with Crippen molar-refractivity contribution in [3.05, 3.63) is 48.5 Å². The summed E-state index contributed by atoms with van der Waals surface area (Å²) in [6.45, 7) is 1.21. The van der Waals surface area contributed by atoms with E-state index in [9.17, 15) is 26.4 Å². The number of urea groups is 1. The molecule has 1 saturated heterocycles. The molecular weight excluding hydrogens is 383 g/mol. The Labute approximate surface area is 153 Å². The van der Waals surface area contributed by atoms with Gasteiger partial charge in [-0.05, 0) is 48.9 Å². The largest absolute Gasteiger partial charge is 0.501 e. The van der Waals surface area contributed by atoms with Gasteiger partial charge in [0.2, 0.25) is 0 Å². The summed E-state index contributed by atoms with van der Waals surface area (Å²) in [6.07, 6.45) is 0.818. The zero-order chi connectivity index (χ0) is 19.7. The number of rotatable bonds is 4. The van der Waals surface area contributed by atoms with Gasteiger partial charge >= 0.3 is 11.5 Å². The van der Waals surface area contributed by atoms with Crippen molar-refractivity contribution in [2.24, 2.45) is 0 Å². The number of amides is 2. The van der Waals surface area contributed by atoms with Crippen molar-refractivity contribution in [3.8, 4) is 0 Å². The molecule has 2 N–H and O–H groups in total. The quantitative estimate of drug-likeness (QED) is 0.823. The second-order valence-corrected chi connectivity index (χ2v) is 7.83. The Bertz CT molecular complexity index is 944. The van der Waals surface area contributed by atoms with Crippen molar-refractivity contribution in [2.75, 3.05) is 23.3 Å². The van der Waals surface area contributed by atoms with Crippen molar-refractivity contribution in [1.82, 2.24) is 5.32 Å². The first-order valence-electron chi connectivity index (χ1n) is 8.02. The summed E-state index contributed by atoms with van der Waals surface area (Å²) in [4.78, 5) is 12.7. The summed E-state index contributed by atoms with van der Waals surface area (Å²) in [5, 5.41) is 5.73. The van der Waals surface area contributed by atoms with Crippen LogP contribution in [0.2, 0.25) is 0 Å². The third-order valence-electron chi connectivity index (χ3n) is 4.00. The van der Waals surface area contributed by atoms with Gasteiger partial charge in [-0.2, -0.15) is 13.2 Å². The van der Waals surface area contributed by atoms with E-state index in [-0.39, 0.29) is 6.03 Å². The van der Waals surface area contributed by atoms with Crippen molar-refractivity contribution in [1.29, 1.82) is 0 Å². The van der Waals surface area contributed by atoms with Crippen LogP contribution in [0.25, 0.3) is 0 Å². The van der Waals surface area contributed by atoms with Crippen molar-refractivity contribution in [3.63, 3.8) is 0 Å². The van der Waals surface area contributed by atoms with Crippen LogP contribution in [0.5, 0.6) is 0 Å². The first kappa shape index (κ1) is 19.0. The van der Waals surface area contributed by atoms with E-state index in [1.807, 2.05) is 0 Å². The van der Waals surface area contributed by atoms with E-state index in [0.717, 1.165) is 18.6 Å². The van der Waals surface area contributed by atoms with E-state index in [2.05, 4.69) is 10.6 Å². The number of nitrogens with one attached hydrogen (secondary N) is 2. The smallest absolute Gasteiger partial charge is 0.355 e. The fourth-order valence-corrected chi connectivity index (χ4v) is 3.41. The molecule has 1 fully saturated rings. The van der Waals surface area contributed by atoms with Gasteiger partial charge in [-0.15, -0.1) is 0 Å². The molecule has 0 aromatic heterocycles. The highest BCUT2D eigenvalue weighted by atomic mass is 32.2. The minimum Gasteiger partial charge on any atom is -0.355 e. The van der Waals surface area contributed by atoms with Gasteiger partial charge in [0.1, 0.15) is 0 Å². The van der Waals surface area contributed by atoms with Crippen LogP contribution in [0, 0.1) is 0 Å². The average molecular weight is 399 g/mol. The van der Waals surface area contributed by atoms with Gasteiger partial charge in [-0.25, -0.2) is 13.2 Å². The Morgan fingerprint density at radius 2 is 1.74 bits per heavy atom. The van der Waals surface area contributed by atoms with Crippen LogP contribution >= 0.6 is 0 Å². The van der Waals surface area contributed by atoms with Crippen LogP contribution in [0.4, 0.5) is 35.0 Å². The standard InChI is InChI=1S/C17H16F3N3O3S/c18-17(19,20)27(25,26)15-7-5-12(6-8-15)22-13-3-1-4-14(11-13)23-10-2-9-21-16(23)24/h1,3-8,11,22H,2,9-10H2,(H,21,24). The lowest BCUT2D eigenvalue weighted by Gasteiger charge is -2.27. The Hall–Kier alpha value is -2.75. The molecule has 1 aliphatic heterocycles. The molecule has 0 saturated carbocycles. The minimum atomic E-state index is -5.37. The van der Waals surface area contributed by atoms with E-state index in [1.165, 1.54) is 12.1 Å². The highest BCUT2D eigenvalue weighted by Gasteiger charge is 2.46. The molecule has 27 heavy (non-hydrogen) atoms. The first-order valence-corrected chi connectivity index (χ1v) is 9.51. The summed E-state index contributed by atoms with van der Waals surface area (Å²) < 4.78 is 60.5. The van der Waals surface area contributed by atoms with Crippen molar-refractivity contribution in [2.45, 2.75) is 16.8 Å². The van der Waals surface area contributed by atoms with E-state index < -0.39 is 20.2 Å². The van der Waals surface area contributed by atoms with E-state index >= 15 is 0 Å². The number of anilines is 3. The normalized spacial score (nSPS) is 15.4. The Morgan fingerprint density at radius 3 is 2.37 bits per heavy atom. The molecular formula is C17H16F3N3O3S. The van der Waals surface area contributed by atoms with Gasteiger partial charge < -0.3 is 10.6 Å². The number of alkyl halides is 3. The molecule has 0 unspecified atom stereocenters. The molecule has 144 valence electrons. The summed E-state index contributed by atoms with van der Waals surface area (Å²) in [7, 11) is -5.37. The molecule has 10 heteroatoms. The van der Waals surface area contributed by atoms with Crippen LogP contribution in [0.1, 0.15) is 6.42 Å². The predicted molar refractivity (Wildman–Crippen MR) is 94.8 cm³/mol. The molecule has 1 aliphatic rings. The maximum atomic E-state index is 12.6. The molecule has 3 rings (SSSR count). The molecule has 0 radical (unpaired) electrons. The Kier molecular flexibility index (Phi) is 5.01. The number of hydrogen-bond donors (Lipinski definition) is 2. The molecule has 0 bridgehead atoms. The fraction of sp³-hybridized carbons (Fsp3) is 0.235. The van der Waals surface area contributed by atoms with Gasteiger partial charge in [0.25, 0.3) is 9.84 Å². The average Bonchev–Trinajstić information content (AvgIpc) is 2.62. The molecule has 6 nitrogen and oxygen atoms in total.